The third-order valence-electron chi connectivity index (χ3n) is 4.72. The fourth-order valence-corrected chi connectivity index (χ4v) is 3.43. The molecule has 0 amide bonds. The van der Waals surface area contributed by atoms with E-state index in [2.05, 4.69) is 27.1 Å². The third kappa shape index (κ3) is 4.53. The van der Waals surface area contributed by atoms with Crippen molar-refractivity contribution < 1.29 is 9.84 Å². The van der Waals surface area contributed by atoms with Crippen LogP contribution in [0.4, 0.5) is 0 Å². The van der Waals surface area contributed by atoms with Crippen molar-refractivity contribution >= 4 is 0 Å². The zero-order valence-corrected chi connectivity index (χ0v) is 15.3. The van der Waals surface area contributed by atoms with Gasteiger partial charge >= 0.3 is 0 Å². The van der Waals surface area contributed by atoms with Crippen LogP contribution in [0.25, 0.3) is 0 Å². The number of pyridine rings is 1. The van der Waals surface area contributed by atoms with Gasteiger partial charge in [-0.3, -0.25) is 14.6 Å². The van der Waals surface area contributed by atoms with Gasteiger partial charge in [-0.05, 0) is 42.3 Å². The van der Waals surface area contributed by atoms with Crippen LogP contribution >= 0.6 is 0 Å². The maximum Gasteiger partial charge on any atom is 0.130 e. The van der Waals surface area contributed by atoms with Gasteiger partial charge in [-0.15, -0.1) is 0 Å². The topological polar surface area (TPSA) is 63.4 Å². The Morgan fingerprint density at radius 2 is 2.00 bits per heavy atom. The summed E-state index contributed by atoms with van der Waals surface area (Å²) in [5, 5.41) is 13.8. The van der Waals surface area contributed by atoms with E-state index in [4.69, 9.17) is 4.74 Å². The van der Waals surface area contributed by atoms with Crippen LogP contribution in [0.15, 0.2) is 54.7 Å². The highest BCUT2D eigenvalue weighted by molar-refractivity contribution is 5.29. The van der Waals surface area contributed by atoms with Gasteiger partial charge in [0.05, 0.1) is 23.7 Å². The first-order chi connectivity index (χ1) is 13.3. The normalized spacial score (nSPS) is 14.6. The lowest BCUT2D eigenvalue weighted by atomic mass is 10.2. The van der Waals surface area contributed by atoms with Crippen LogP contribution in [0.2, 0.25) is 0 Å². The van der Waals surface area contributed by atoms with Gasteiger partial charge in [-0.25, -0.2) is 0 Å². The van der Waals surface area contributed by atoms with Crippen molar-refractivity contribution in [3.05, 3.63) is 77.4 Å². The molecule has 4 rings (SSSR count). The van der Waals surface area contributed by atoms with E-state index in [9.17, 15) is 5.11 Å². The fourth-order valence-electron chi connectivity index (χ4n) is 3.43. The Bertz CT molecular complexity index is 879. The molecule has 1 aromatic carbocycles. The van der Waals surface area contributed by atoms with E-state index in [-0.39, 0.29) is 6.61 Å². The van der Waals surface area contributed by atoms with E-state index >= 15 is 0 Å². The number of fused-ring (bicyclic) bond motifs is 1. The summed E-state index contributed by atoms with van der Waals surface area (Å²) in [6.45, 7) is 4.09. The molecule has 1 N–H and O–H groups in total. The average molecular weight is 364 g/mol. The first-order valence-corrected chi connectivity index (χ1v) is 9.30. The molecule has 0 spiro atoms. The summed E-state index contributed by atoms with van der Waals surface area (Å²) in [6, 6.07) is 16.1. The third-order valence-corrected chi connectivity index (χ3v) is 4.72. The Labute approximate surface area is 159 Å². The summed E-state index contributed by atoms with van der Waals surface area (Å²) < 4.78 is 7.92. The van der Waals surface area contributed by atoms with Crippen LogP contribution in [0, 0.1) is 0 Å². The highest BCUT2D eigenvalue weighted by atomic mass is 16.5. The Hall–Kier alpha value is -2.70. The number of nitrogens with zero attached hydrogens (tertiary/aromatic N) is 4. The average Bonchev–Trinajstić information content (AvgIpc) is 3.00. The molecule has 1 aliphatic rings. The molecule has 0 fully saturated rings. The van der Waals surface area contributed by atoms with Crippen molar-refractivity contribution in [3.8, 4) is 5.75 Å². The quantitative estimate of drug-likeness (QED) is 0.729. The van der Waals surface area contributed by atoms with Crippen molar-refractivity contribution in [3.63, 3.8) is 0 Å². The molecule has 1 aliphatic heterocycles. The Kier molecular flexibility index (Phi) is 5.46. The molecule has 3 heterocycles. The predicted molar refractivity (Wildman–Crippen MR) is 102 cm³/mol. The number of rotatable bonds is 6. The smallest absolute Gasteiger partial charge is 0.130 e. The number of aliphatic hydroxyl groups excluding tert-OH is 1. The van der Waals surface area contributed by atoms with Crippen molar-refractivity contribution in [2.24, 2.45) is 0 Å². The minimum Gasteiger partial charge on any atom is -0.487 e. The predicted octanol–water partition coefficient (Wildman–Crippen LogP) is 2.76. The van der Waals surface area contributed by atoms with Gasteiger partial charge in [0.1, 0.15) is 12.4 Å². The van der Waals surface area contributed by atoms with Crippen LogP contribution in [-0.4, -0.2) is 31.3 Å². The van der Waals surface area contributed by atoms with Gasteiger partial charge in [0.15, 0.2) is 0 Å². The molecule has 0 saturated carbocycles. The second-order valence-electron chi connectivity index (χ2n) is 6.83. The summed E-state index contributed by atoms with van der Waals surface area (Å²) in [4.78, 5) is 6.71. The summed E-state index contributed by atoms with van der Waals surface area (Å²) in [5.74, 6) is 0.862. The number of benzene rings is 1. The van der Waals surface area contributed by atoms with Gasteiger partial charge in [0.25, 0.3) is 0 Å². The van der Waals surface area contributed by atoms with E-state index in [1.54, 1.807) is 6.20 Å². The van der Waals surface area contributed by atoms with Crippen molar-refractivity contribution in [2.45, 2.75) is 39.3 Å². The SMILES string of the molecule is OCc1cc2n(n1)CCCN(Cc1cccc(OCc3ccccn3)c1)C2. The standard InChI is InChI=1S/C21H24N4O2/c26-15-19-12-20-14-24(9-4-10-25(20)23-19)13-17-5-3-7-21(11-17)27-16-18-6-1-2-8-22-18/h1-3,5-8,11-12,26H,4,9-10,13-16H2. The van der Waals surface area contributed by atoms with Gasteiger partial charge in [0.2, 0.25) is 0 Å². The molecule has 0 radical (unpaired) electrons. The van der Waals surface area contributed by atoms with Crippen LogP contribution < -0.4 is 4.74 Å². The number of ether oxygens (including phenoxy) is 1. The van der Waals surface area contributed by atoms with E-state index in [1.165, 1.54) is 11.3 Å². The molecule has 0 aliphatic carbocycles. The second-order valence-corrected chi connectivity index (χ2v) is 6.83. The number of hydrogen-bond acceptors (Lipinski definition) is 5. The first-order valence-electron chi connectivity index (χ1n) is 9.30. The lowest BCUT2D eigenvalue weighted by molar-refractivity contribution is 0.258. The summed E-state index contributed by atoms with van der Waals surface area (Å²) >= 11 is 0. The van der Waals surface area contributed by atoms with E-state index in [1.807, 2.05) is 41.1 Å². The molecule has 6 heteroatoms. The largest absolute Gasteiger partial charge is 0.487 e. The van der Waals surface area contributed by atoms with Crippen LogP contribution in [-0.2, 0) is 32.8 Å². The molecule has 6 nitrogen and oxygen atoms in total. The van der Waals surface area contributed by atoms with Gasteiger partial charge in [0, 0.05) is 32.4 Å². The molecular weight excluding hydrogens is 340 g/mol. The van der Waals surface area contributed by atoms with E-state index < -0.39 is 0 Å². The van der Waals surface area contributed by atoms with Crippen LogP contribution in [0.3, 0.4) is 0 Å². The lowest BCUT2D eigenvalue weighted by Gasteiger charge is -2.20. The van der Waals surface area contributed by atoms with Gasteiger partial charge in [-0.1, -0.05) is 18.2 Å². The van der Waals surface area contributed by atoms with Gasteiger partial charge < -0.3 is 9.84 Å². The summed E-state index contributed by atoms with van der Waals surface area (Å²) in [6.07, 6.45) is 2.83. The molecule has 27 heavy (non-hydrogen) atoms. The highest BCUT2D eigenvalue weighted by Crippen LogP contribution is 2.19. The molecule has 0 saturated heterocycles. The number of hydrogen-bond donors (Lipinski definition) is 1. The monoisotopic (exact) mass is 364 g/mol. The summed E-state index contributed by atoms with van der Waals surface area (Å²) in [5.41, 5.74) is 4.06. The van der Waals surface area contributed by atoms with Crippen molar-refractivity contribution in [2.75, 3.05) is 6.54 Å². The van der Waals surface area contributed by atoms with Crippen LogP contribution in [0.1, 0.15) is 29.1 Å². The molecular formula is C21H24N4O2. The van der Waals surface area contributed by atoms with Crippen molar-refractivity contribution in [1.82, 2.24) is 19.7 Å². The Morgan fingerprint density at radius 1 is 1.04 bits per heavy atom. The molecule has 0 unspecified atom stereocenters. The molecule has 0 atom stereocenters. The summed E-state index contributed by atoms with van der Waals surface area (Å²) in [7, 11) is 0. The minimum atomic E-state index is -0.00431. The molecule has 140 valence electrons. The lowest BCUT2D eigenvalue weighted by Crippen LogP contribution is -2.22. The second kappa shape index (κ2) is 8.33. The molecule has 3 aromatic rings. The first kappa shape index (κ1) is 17.7. The molecule has 2 aromatic heterocycles. The molecule has 0 bridgehead atoms. The number of aromatic nitrogens is 3. The number of aryl methyl sites for hydroxylation is 1. The zero-order valence-electron chi connectivity index (χ0n) is 15.3. The minimum absolute atomic E-state index is 0.00431. The Morgan fingerprint density at radius 3 is 2.85 bits per heavy atom. The number of aliphatic hydroxyl groups is 1. The highest BCUT2D eigenvalue weighted by Gasteiger charge is 2.16. The van der Waals surface area contributed by atoms with E-state index in [0.717, 1.165) is 49.7 Å². The van der Waals surface area contributed by atoms with Gasteiger partial charge in [-0.2, -0.15) is 5.10 Å². The van der Waals surface area contributed by atoms with Crippen molar-refractivity contribution in [1.29, 1.82) is 0 Å². The maximum absolute atomic E-state index is 9.31. The van der Waals surface area contributed by atoms with E-state index in [0.29, 0.717) is 6.61 Å². The fraction of sp³-hybridized carbons (Fsp3) is 0.333. The maximum atomic E-state index is 9.31. The zero-order chi connectivity index (χ0) is 18.5. The Balaban J connectivity index is 1.40. The van der Waals surface area contributed by atoms with Crippen LogP contribution in [0.5, 0.6) is 5.75 Å².